The number of ether oxygens (including phenoxy) is 4. The van der Waals surface area contributed by atoms with E-state index in [1.165, 1.54) is 24.5 Å². The average Bonchev–Trinajstić information content (AvgIpc) is 4.00. The smallest absolute Gasteiger partial charge is 0.358 e. The number of carbonyl (C=O) groups is 2. The number of imidazole rings is 2. The highest BCUT2D eigenvalue weighted by Crippen LogP contribution is 2.41. The third kappa shape index (κ3) is 6.47. The molecule has 6 aromatic rings. The molecule has 0 saturated heterocycles. The van der Waals surface area contributed by atoms with Gasteiger partial charge < -0.3 is 24.7 Å². The van der Waals surface area contributed by atoms with Gasteiger partial charge in [0, 0.05) is 7.49 Å². The minimum atomic E-state index is -0.486. The lowest BCUT2D eigenvalue weighted by molar-refractivity contribution is -0.385. The second-order valence-corrected chi connectivity index (χ2v) is 14.1. The normalized spacial score (nSPS) is 12.3. The van der Waals surface area contributed by atoms with Gasteiger partial charge in [-0.25, -0.2) is 19.6 Å². The van der Waals surface area contributed by atoms with Gasteiger partial charge in [-0.05, 0) is 91.7 Å². The van der Waals surface area contributed by atoms with Crippen LogP contribution in [0.3, 0.4) is 0 Å². The summed E-state index contributed by atoms with van der Waals surface area (Å²) in [6.07, 6.45) is 2.67. The molecule has 54 heavy (non-hydrogen) atoms. The van der Waals surface area contributed by atoms with E-state index in [-0.39, 0.29) is 31.1 Å². The Kier molecular flexibility index (Phi) is 10.2. The van der Waals surface area contributed by atoms with Gasteiger partial charge in [0.05, 0.1) is 70.6 Å². The standard InChI is InChI=1S/C19H17N3O5S.C19H19N3O3S.H2/c1-3-27-19(23)17-12-7-6-11-9-15(26-2)14(22(24)25)10-13(11)21(12)18(20-17)16-5-4-8-28-16;1-3-25-19(23)17-13-7-6-11-9-15(24-2)12(20)10-14(11)22(13)18(21-17)16-5-4-8-26-16;/h4-5,8-10H,3,6-7H2,1-2H3;4-5,8-10H,3,6-7,20H2,1-2H3;1H. The van der Waals surface area contributed by atoms with Crippen LogP contribution in [0.25, 0.3) is 32.8 Å². The first-order chi connectivity index (χ1) is 26.2. The maximum Gasteiger partial charge on any atom is 0.358 e. The number of nitrogens with two attached hydrogens (primary N) is 1. The second kappa shape index (κ2) is 15.2. The van der Waals surface area contributed by atoms with Crippen LogP contribution in [0.2, 0.25) is 0 Å². The van der Waals surface area contributed by atoms with Gasteiger partial charge >= 0.3 is 17.6 Å². The van der Waals surface area contributed by atoms with Crippen LogP contribution >= 0.6 is 22.7 Å². The van der Waals surface area contributed by atoms with Gasteiger partial charge in [0.15, 0.2) is 28.8 Å². The van der Waals surface area contributed by atoms with Crippen molar-refractivity contribution in [2.75, 3.05) is 33.2 Å². The van der Waals surface area contributed by atoms with Crippen molar-refractivity contribution in [2.24, 2.45) is 0 Å². The Bertz CT molecular complexity index is 2390. The van der Waals surface area contributed by atoms with Gasteiger partial charge in [-0.3, -0.25) is 19.2 Å². The van der Waals surface area contributed by atoms with Crippen LogP contribution < -0.4 is 15.2 Å². The molecule has 0 spiro atoms. The summed E-state index contributed by atoms with van der Waals surface area (Å²) >= 11 is 3.07. The van der Waals surface area contributed by atoms with Crippen LogP contribution in [0, 0.1) is 10.1 Å². The molecular formula is C38H38N6O8S2. The van der Waals surface area contributed by atoms with Crippen LogP contribution in [0.1, 0.15) is 58.8 Å². The molecule has 2 aromatic carbocycles. The number of hydrogen-bond donors (Lipinski definition) is 1. The number of anilines is 1. The van der Waals surface area contributed by atoms with Crippen molar-refractivity contribution < 1.29 is 34.9 Å². The molecule has 0 saturated carbocycles. The summed E-state index contributed by atoms with van der Waals surface area (Å²) in [7, 11) is 3.02. The van der Waals surface area contributed by atoms with Crippen LogP contribution in [-0.2, 0) is 35.2 Å². The summed E-state index contributed by atoms with van der Waals surface area (Å²) in [6, 6.07) is 14.8. The first-order valence-electron chi connectivity index (χ1n) is 17.2. The minimum absolute atomic E-state index is 0. The van der Waals surface area contributed by atoms with Crippen LogP contribution in [0.4, 0.5) is 11.4 Å². The molecule has 2 aliphatic heterocycles. The van der Waals surface area contributed by atoms with Crippen molar-refractivity contribution in [3.8, 4) is 44.3 Å². The highest BCUT2D eigenvalue weighted by Gasteiger charge is 2.32. The fraction of sp³-hybridized carbons (Fsp3) is 0.263. The number of aryl methyl sites for hydroxylation is 2. The van der Waals surface area contributed by atoms with Crippen molar-refractivity contribution in [3.05, 3.63) is 103 Å². The summed E-state index contributed by atoms with van der Waals surface area (Å²) in [5.41, 5.74) is 12.4. The number of methoxy groups -OCH3 is 2. The fourth-order valence-corrected chi connectivity index (χ4v) is 8.19. The van der Waals surface area contributed by atoms with E-state index < -0.39 is 10.9 Å². The molecule has 8 rings (SSSR count). The lowest BCUT2D eigenvalue weighted by atomic mass is 9.99. The zero-order valence-electron chi connectivity index (χ0n) is 29.9. The zero-order valence-corrected chi connectivity index (χ0v) is 31.5. The summed E-state index contributed by atoms with van der Waals surface area (Å²) < 4.78 is 24.8. The first-order valence-corrected chi connectivity index (χ1v) is 18.9. The third-order valence-electron chi connectivity index (χ3n) is 9.12. The second-order valence-electron chi connectivity index (χ2n) is 12.2. The third-order valence-corrected chi connectivity index (χ3v) is 10.8. The predicted molar refractivity (Wildman–Crippen MR) is 207 cm³/mol. The molecular weight excluding hydrogens is 733 g/mol. The van der Waals surface area contributed by atoms with Crippen LogP contribution in [0.5, 0.6) is 11.5 Å². The SMILES string of the molecule is CCOC(=O)c1nc(-c2cccs2)n2c1CCc1cc(OC)c(N)cc1-2.CCOC(=O)c1nc(-c2cccs2)n2c1CCc1cc(OC)c([N+](=O)[O-])cc1-2.[HH]. The van der Waals surface area contributed by atoms with Crippen molar-refractivity contribution in [3.63, 3.8) is 0 Å². The fourth-order valence-electron chi connectivity index (χ4n) is 6.79. The Morgan fingerprint density at radius 1 is 0.796 bits per heavy atom. The number of nitro groups is 1. The van der Waals surface area contributed by atoms with E-state index in [9.17, 15) is 19.7 Å². The largest absolute Gasteiger partial charge is 0.495 e. The molecule has 16 heteroatoms. The Morgan fingerprint density at radius 2 is 1.28 bits per heavy atom. The van der Waals surface area contributed by atoms with Crippen LogP contribution in [0.15, 0.2) is 59.3 Å². The molecule has 14 nitrogen and oxygen atoms in total. The lowest BCUT2D eigenvalue weighted by Crippen LogP contribution is -2.16. The summed E-state index contributed by atoms with van der Waals surface area (Å²) in [6.45, 7) is 4.10. The molecule has 0 atom stereocenters. The van der Waals surface area contributed by atoms with E-state index in [0.717, 1.165) is 44.5 Å². The summed E-state index contributed by atoms with van der Waals surface area (Å²) in [4.78, 5) is 47.0. The molecule has 2 N–H and O–H groups in total. The van der Waals surface area contributed by atoms with E-state index in [2.05, 4.69) is 9.97 Å². The number of esters is 2. The van der Waals surface area contributed by atoms with E-state index in [4.69, 9.17) is 24.7 Å². The van der Waals surface area contributed by atoms with E-state index in [1.807, 2.05) is 56.3 Å². The molecule has 2 aliphatic rings. The monoisotopic (exact) mass is 770 g/mol. The topological polar surface area (TPSA) is 176 Å². The van der Waals surface area contributed by atoms with E-state index in [1.54, 1.807) is 38.4 Å². The average molecular weight is 771 g/mol. The minimum Gasteiger partial charge on any atom is -0.495 e. The lowest BCUT2D eigenvalue weighted by Gasteiger charge is -2.22. The highest BCUT2D eigenvalue weighted by atomic mass is 32.1. The van der Waals surface area contributed by atoms with Crippen molar-refractivity contribution in [1.82, 2.24) is 19.1 Å². The number of aromatic nitrogens is 4. The van der Waals surface area contributed by atoms with Crippen molar-refractivity contribution in [2.45, 2.75) is 39.5 Å². The van der Waals surface area contributed by atoms with Gasteiger partial charge in [0.2, 0.25) is 0 Å². The van der Waals surface area contributed by atoms with E-state index >= 15 is 0 Å². The molecule has 0 bridgehead atoms. The Hall–Kier alpha value is -6.00. The maximum atomic E-state index is 12.5. The number of carbonyl (C=O) groups excluding carboxylic acids is 2. The molecule has 280 valence electrons. The van der Waals surface area contributed by atoms with E-state index in [0.29, 0.717) is 60.2 Å². The summed E-state index contributed by atoms with van der Waals surface area (Å²) in [5.74, 6) is 1.33. The number of nitrogens with zero attached hydrogens (tertiary/aromatic N) is 5. The highest BCUT2D eigenvalue weighted by molar-refractivity contribution is 7.13. The quantitative estimate of drug-likeness (QED) is 0.0667. The molecule has 0 amide bonds. The van der Waals surface area contributed by atoms with Crippen LogP contribution in [-0.4, -0.2) is 63.4 Å². The Labute approximate surface area is 319 Å². The van der Waals surface area contributed by atoms with Crippen molar-refractivity contribution in [1.29, 1.82) is 0 Å². The first kappa shape index (κ1) is 36.4. The molecule has 0 fully saturated rings. The number of rotatable bonds is 9. The van der Waals surface area contributed by atoms with Gasteiger partial charge in [0.1, 0.15) is 5.75 Å². The van der Waals surface area contributed by atoms with Gasteiger partial charge in [-0.1, -0.05) is 12.1 Å². The maximum absolute atomic E-state index is 12.5. The predicted octanol–water partition coefficient (Wildman–Crippen LogP) is 7.51. The molecule has 0 radical (unpaired) electrons. The number of hydrogen-bond acceptors (Lipinski definition) is 13. The zero-order chi connectivity index (χ0) is 38.1. The Morgan fingerprint density at radius 3 is 1.70 bits per heavy atom. The number of nitrogen functional groups attached to an aromatic ring is 1. The molecule has 4 aromatic heterocycles. The van der Waals surface area contributed by atoms with Gasteiger partial charge in [-0.2, -0.15) is 0 Å². The summed E-state index contributed by atoms with van der Waals surface area (Å²) in [5, 5.41) is 15.4. The van der Waals surface area contributed by atoms with Gasteiger partial charge in [-0.15, -0.1) is 22.7 Å². The number of fused-ring (bicyclic) bond motifs is 6. The van der Waals surface area contributed by atoms with Gasteiger partial charge in [0.25, 0.3) is 0 Å². The number of benzene rings is 2. The van der Waals surface area contributed by atoms with Crippen molar-refractivity contribution >= 4 is 46.0 Å². The molecule has 0 unspecified atom stereocenters. The molecule has 6 heterocycles. The Balaban J connectivity index is 0.000000184. The number of thiophene rings is 2. The molecule has 0 aliphatic carbocycles. The number of nitro benzene ring substituents is 1.